The van der Waals surface area contributed by atoms with Gasteiger partial charge in [0.2, 0.25) is 0 Å². The minimum absolute atomic E-state index is 0.139. The van der Waals surface area contributed by atoms with Crippen LogP contribution in [0.15, 0.2) is 185 Å². The monoisotopic (exact) mass is 959 g/mol. The van der Waals surface area contributed by atoms with Crippen LogP contribution in [0, 0.1) is 41.5 Å². The highest BCUT2D eigenvalue weighted by atomic mass is 15.2. The number of allylic oxidation sites excluding steroid dienone is 7. The molecule has 2 heterocycles. The highest BCUT2D eigenvalue weighted by Gasteiger charge is 2.48. The van der Waals surface area contributed by atoms with E-state index in [0.29, 0.717) is 0 Å². The zero-order valence-electron chi connectivity index (χ0n) is 45.7. The third kappa shape index (κ3) is 8.04. The fourth-order valence-corrected chi connectivity index (χ4v) is 12.9. The molecule has 0 amide bonds. The van der Waals surface area contributed by atoms with Crippen molar-refractivity contribution in [2.24, 2.45) is 0 Å². The summed E-state index contributed by atoms with van der Waals surface area (Å²) in [6, 6.07) is 44.5. The molecule has 2 atom stereocenters. The van der Waals surface area contributed by atoms with Crippen LogP contribution < -0.4 is 19.6 Å². The third-order valence-corrected chi connectivity index (χ3v) is 17.9. The van der Waals surface area contributed by atoms with Crippen LogP contribution in [-0.2, 0) is 10.8 Å². The second-order valence-electron chi connectivity index (χ2n) is 23.0. The number of fused-ring (bicyclic) bond motifs is 3. The van der Waals surface area contributed by atoms with Gasteiger partial charge in [-0.25, -0.2) is 0 Å². The summed E-state index contributed by atoms with van der Waals surface area (Å²) in [6.45, 7) is 30.5. The van der Waals surface area contributed by atoms with Gasteiger partial charge in [-0.3, -0.25) is 0 Å². The lowest BCUT2D eigenvalue weighted by Crippen LogP contribution is -2.44. The molecule has 0 saturated carbocycles. The van der Waals surface area contributed by atoms with Crippen molar-refractivity contribution in [2.45, 2.75) is 139 Å². The third-order valence-electron chi connectivity index (χ3n) is 17.9. The van der Waals surface area contributed by atoms with Gasteiger partial charge in [-0.05, 0) is 240 Å². The van der Waals surface area contributed by atoms with E-state index in [1.165, 1.54) is 118 Å². The lowest BCUT2D eigenvalue weighted by Gasteiger charge is -2.52. The minimum Gasteiger partial charge on any atom is -0.338 e. The Labute approximate surface area is 437 Å². The van der Waals surface area contributed by atoms with Crippen molar-refractivity contribution in [3.8, 4) is 0 Å². The van der Waals surface area contributed by atoms with Gasteiger partial charge in [0.15, 0.2) is 0 Å². The van der Waals surface area contributed by atoms with Crippen molar-refractivity contribution in [1.82, 2.24) is 0 Å². The van der Waals surface area contributed by atoms with Crippen LogP contribution in [0.2, 0.25) is 0 Å². The Bertz CT molecular complexity index is 3360. The molecule has 11 rings (SSSR count). The fraction of sp³-hybridized carbons (Fsp3) is 0.304. The Kier molecular flexibility index (Phi) is 12.0. The zero-order chi connectivity index (χ0) is 51.2. The summed E-state index contributed by atoms with van der Waals surface area (Å²) in [5.74, 6) is 0. The molecule has 2 aliphatic heterocycles. The molecule has 4 heteroatoms. The van der Waals surface area contributed by atoms with Gasteiger partial charge in [-0.15, -0.1) is 0 Å². The number of rotatable bonds is 9. The normalized spacial score (nSPS) is 19.2. The van der Waals surface area contributed by atoms with E-state index in [1.54, 1.807) is 0 Å². The maximum atomic E-state index is 2.68. The summed E-state index contributed by atoms with van der Waals surface area (Å²) in [5.41, 5.74) is 29.7. The first-order chi connectivity index (χ1) is 34.9. The minimum atomic E-state index is -0.371. The first-order valence-electron chi connectivity index (χ1n) is 26.8. The first-order valence-corrected chi connectivity index (χ1v) is 26.8. The predicted octanol–water partition coefficient (Wildman–Crippen LogP) is 18.6. The number of para-hydroxylation sites is 2. The van der Waals surface area contributed by atoms with Crippen LogP contribution in [-0.4, -0.2) is 12.1 Å². The van der Waals surface area contributed by atoms with Crippen molar-refractivity contribution in [3.63, 3.8) is 0 Å². The lowest BCUT2D eigenvalue weighted by molar-refractivity contribution is 0.534. The number of aryl methyl sites for hydroxylation is 4. The molecular weight excluding hydrogens is 885 g/mol. The number of anilines is 8. The zero-order valence-corrected chi connectivity index (χ0v) is 45.7. The van der Waals surface area contributed by atoms with Gasteiger partial charge in [-0.2, -0.15) is 0 Å². The average molecular weight is 959 g/mol. The van der Waals surface area contributed by atoms with Crippen LogP contribution in [0.1, 0.15) is 124 Å². The summed E-state index contributed by atoms with van der Waals surface area (Å²) in [4.78, 5) is 10.5. The van der Waals surface area contributed by atoms with Crippen molar-refractivity contribution in [3.05, 3.63) is 235 Å². The Morgan fingerprint density at radius 3 is 1.71 bits per heavy atom. The second-order valence-corrected chi connectivity index (χ2v) is 23.0. The number of hydrogen-bond acceptors (Lipinski definition) is 4. The van der Waals surface area contributed by atoms with Crippen molar-refractivity contribution in [2.75, 3.05) is 19.6 Å². The number of nitrogens with zero attached hydrogens (tertiary/aromatic N) is 4. The smallest absolute Gasteiger partial charge is 0.0565 e. The molecule has 0 N–H and O–H groups in total. The van der Waals surface area contributed by atoms with Crippen LogP contribution in [0.4, 0.5) is 45.5 Å². The van der Waals surface area contributed by atoms with E-state index in [4.69, 9.17) is 0 Å². The van der Waals surface area contributed by atoms with Gasteiger partial charge < -0.3 is 19.6 Å². The molecule has 0 radical (unpaired) electrons. The molecule has 2 unspecified atom stereocenters. The van der Waals surface area contributed by atoms with Gasteiger partial charge in [0, 0.05) is 56.3 Å². The summed E-state index contributed by atoms with van der Waals surface area (Å²) in [6.07, 6.45) is 18.4. The summed E-state index contributed by atoms with van der Waals surface area (Å²) >= 11 is 0. The largest absolute Gasteiger partial charge is 0.338 e. The number of hydrogen-bond donors (Lipinski definition) is 0. The molecule has 0 fully saturated rings. The molecule has 73 heavy (non-hydrogen) atoms. The SMILES string of the molecule is CC1=CC(N(c2ccccc2)c2cc3c4c(c2)C(C)(C)c2cc(N(c5ccccc5)c5cc(C)c(C)c(C)c5)ccc2N4C2=C(CC(N(C4=CC=CCC4)c4cc(C)c(C)c(C)c4)C=C2)C3(C)C)CC(C)=C1C. The molecule has 0 spiro atoms. The molecule has 370 valence electrons. The Morgan fingerprint density at radius 2 is 1.11 bits per heavy atom. The van der Waals surface area contributed by atoms with Gasteiger partial charge in [0.05, 0.1) is 23.5 Å². The number of benzene rings is 6. The van der Waals surface area contributed by atoms with Gasteiger partial charge in [-0.1, -0.05) is 99.5 Å². The Balaban J connectivity index is 1.15. The van der Waals surface area contributed by atoms with Crippen molar-refractivity contribution < 1.29 is 0 Å². The molecule has 6 aromatic rings. The van der Waals surface area contributed by atoms with E-state index in [0.717, 1.165) is 37.1 Å². The lowest BCUT2D eigenvalue weighted by atomic mass is 9.64. The quantitative estimate of drug-likeness (QED) is 0.143. The standard InChI is InChI=1S/C69H74N4/c1-43-33-57(34-44(2)49(43)7)70(52-23-17-14-18-24-52)55-29-31-65-61(39-55)68(10,11)63-41-60(72(54-27-21-16-22-28-54)59-37-47(5)51(9)48(6)38-59)42-64-67(63)73(65)66-32-30-56(40-62(66)69(64,12)13)71(53-25-19-15-20-26-53)58-35-45(3)50(8)46(4)36-58/h14-19,21-25,27-37,39,41-42,56,59H,20,26,38,40H2,1-13H3. The van der Waals surface area contributed by atoms with Crippen LogP contribution in [0.3, 0.4) is 0 Å². The van der Waals surface area contributed by atoms with Gasteiger partial charge in [0.1, 0.15) is 0 Å². The fourth-order valence-electron chi connectivity index (χ4n) is 12.9. The Morgan fingerprint density at radius 1 is 0.534 bits per heavy atom. The molecule has 5 aliphatic rings. The van der Waals surface area contributed by atoms with Crippen molar-refractivity contribution >= 4 is 45.5 Å². The van der Waals surface area contributed by atoms with E-state index in [1.807, 2.05) is 0 Å². The molecule has 3 aliphatic carbocycles. The maximum absolute atomic E-state index is 2.68. The summed E-state index contributed by atoms with van der Waals surface area (Å²) in [5, 5.41) is 0. The second kappa shape index (κ2) is 18.2. The highest BCUT2D eigenvalue weighted by molar-refractivity contribution is 5.92. The van der Waals surface area contributed by atoms with E-state index >= 15 is 0 Å². The van der Waals surface area contributed by atoms with Crippen LogP contribution >= 0.6 is 0 Å². The predicted molar refractivity (Wildman–Crippen MR) is 312 cm³/mol. The van der Waals surface area contributed by atoms with Crippen LogP contribution in [0.5, 0.6) is 0 Å². The first kappa shape index (κ1) is 48.2. The topological polar surface area (TPSA) is 13.0 Å². The van der Waals surface area contributed by atoms with Crippen LogP contribution in [0.25, 0.3) is 0 Å². The van der Waals surface area contributed by atoms with E-state index in [2.05, 4.69) is 261 Å². The molecule has 0 bridgehead atoms. The molecular formula is C69H74N4. The maximum Gasteiger partial charge on any atom is 0.0565 e. The summed E-state index contributed by atoms with van der Waals surface area (Å²) < 4.78 is 0. The Hall–Kier alpha value is -7.04. The van der Waals surface area contributed by atoms with Gasteiger partial charge >= 0.3 is 0 Å². The molecule has 4 nitrogen and oxygen atoms in total. The molecule has 0 aromatic heterocycles. The van der Waals surface area contributed by atoms with E-state index in [-0.39, 0.29) is 22.9 Å². The highest BCUT2D eigenvalue weighted by Crippen LogP contribution is 2.61. The molecule has 6 aromatic carbocycles. The van der Waals surface area contributed by atoms with E-state index < -0.39 is 0 Å². The summed E-state index contributed by atoms with van der Waals surface area (Å²) in [7, 11) is 0. The van der Waals surface area contributed by atoms with Gasteiger partial charge in [0.25, 0.3) is 0 Å². The molecule has 0 saturated heterocycles. The van der Waals surface area contributed by atoms with E-state index in [9.17, 15) is 0 Å². The average Bonchev–Trinajstić information content (AvgIpc) is 3.38. The van der Waals surface area contributed by atoms with Crippen molar-refractivity contribution in [1.29, 1.82) is 0 Å².